The normalized spacial score (nSPS) is 13.6. The van der Waals surface area contributed by atoms with Crippen molar-refractivity contribution in [2.45, 2.75) is 0 Å². The molecule has 32 heavy (non-hydrogen) atoms. The molecular weight excluding hydrogens is 412 g/mol. The van der Waals surface area contributed by atoms with Gasteiger partial charge in [-0.1, -0.05) is 17.2 Å². The van der Waals surface area contributed by atoms with Gasteiger partial charge in [0.25, 0.3) is 5.91 Å². The minimum absolute atomic E-state index is 0.0760. The smallest absolute Gasteiger partial charge is 0.253 e. The zero-order valence-electron chi connectivity index (χ0n) is 17.7. The van der Waals surface area contributed by atoms with Gasteiger partial charge in [-0.2, -0.15) is 4.98 Å². The number of carbonyl (C=O) groups excluding carboxylic acids is 1. The van der Waals surface area contributed by atoms with E-state index in [1.807, 2.05) is 4.90 Å². The van der Waals surface area contributed by atoms with Gasteiger partial charge in [0, 0.05) is 53.8 Å². The van der Waals surface area contributed by atoms with Crippen LogP contribution in [-0.4, -0.2) is 61.2 Å². The van der Waals surface area contributed by atoms with E-state index in [-0.39, 0.29) is 5.91 Å². The van der Waals surface area contributed by atoms with Crippen LogP contribution < -0.4 is 20.1 Å². The first-order valence-corrected chi connectivity index (χ1v) is 9.92. The average Bonchev–Trinajstić information content (AvgIpc) is 2.83. The van der Waals surface area contributed by atoms with Crippen LogP contribution in [-0.2, 0) is 0 Å². The van der Waals surface area contributed by atoms with Crippen molar-refractivity contribution in [2.75, 3.05) is 51.0 Å². The highest BCUT2D eigenvalue weighted by atomic mass is 16.5. The molecule has 11 heteroatoms. The van der Waals surface area contributed by atoms with E-state index in [9.17, 15) is 4.79 Å². The van der Waals surface area contributed by atoms with Gasteiger partial charge in [0.1, 0.15) is 5.82 Å². The molecule has 1 saturated heterocycles. The third-order valence-corrected chi connectivity index (χ3v) is 5.34. The maximum atomic E-state index is 12.8. The lowest BCUT2D eigenvalue weighted by molar-refractivity contribution is 0.0746. The number of nitrogens with zero attached hydrogens (tertiary/aromatic N) is 7. The summed E-state index contributed by atoms with van der Waals surface area (Å²) >= 11 is 0. The summed E-state index contributed by atoms with van der Waals surface area (Å²) in [6.07, 6.45) is 0. The second-order valence-electron chi connectivity index (χ2n) is 7.15. The van der Waals surface area contributed by atoms with Crippen molar-refractivity contribution < 1.29 is 14.3 Å². The Bertz CT molecular complexity index is 1200. The Balaban J connectivity index is 1.50. The summed E-state index contributed by atoms with van der Waals surface area (Å²) in [6, 6.07) is 10.1. The monoisotopic (exact) mass is 434 g/mol. The molecule has 1 amide bonds. The van der Waals surface area contributed by atoms with Crippen LogP contribution in [0.4, 0.5) is 17.5 Å². The number of anilines is 2. The fourth-order valence-corrected chi connectivity index (χ4v) is 3.62. The lowest BCUT2D eigenvalue weighted by Gasteiger charge is -2.35. The zero-order chi connectivity index (χ0) is 22.7. The average molecular weight is 434 g/mol. The van der Waals surface area contributed by atoms with Gasteiger partial charge >= 0.3 is 0 Å². The molecule has 2 N–H and O–H groups in total. The largest absolute Gasteiger partial charge is 0.493 e. The highest BCUT2D eigenvalue weighted by Gasteiger charge is 2.24. The molecule has 0 radical (unpaired) electrons. The molecule has 2 heterocycles. The predicted molar refractivity (Wildman–Crippen MR) is 120 cm³/mol. The Hall–Kier alpha value is -4.24. The second kappa shape index (κ2) is 8.86. The van der Waals surface area contributed by atoms with Gasteiger partial charge in [0.15, 0.2) is 11.5 Å². The topological polar surface area (TPSA) is 143 Å². The lowest BCUT2D eigenvalue weighted by Crippen LogP contribution is -2.49. The van der Waals surface area contributed by atoms with Crippen LogP contribution in [0.2, 0.25) is 0 Å². The van der Waals surface area contributed by atoms with Gasteiger partial charge in [-0.25, -0.2) is 4.98 Å². The molecule has 1 fully saturated rings. The van der Waals surface area contributed by atoms with Crippen molar-refractivity contribution in [1.29, 1.82) is 0 Å². The van der Waals surface area contributed by atoms with Crippen molar-refractivity contribution in [1.82, 2.24) is 14.9 Å². The third kappa shape index (κ3) is 4.01. The number of hydrogen-bond acceptors (Lipinski definition) is 8. The molecule has 4 rings (SSSR count). The molecule has 11 nitrogen and oxygen atoms in total. The van der Waals surface area contributed by atoms with Gasteiger partial charge in [0.05, 0.1) is 19.7 Å². The fourth-order valence-electron chi connectivity index (χ4n) is 3.62. The van der Waals surface area contributed by atoms with E-state index in [4.69, 9.17) is 20.7 Å². The molecule has 0 atom stereocenters. The number of nitrogen functional groups attached to an aromatic ring is 1. The number of fused-ring (bicyclic) bond motifs is 1. The van der Waals surface area contributed by atoms with Crippen LogP contribution in [0.5, 0.6) is 11.5 Å². The number of amides is 1. The molecule has 1 aliphatic heterocycles. The summed E-state index contributed by atoms with van der Waals surface area (Å²) in [7, 11) is 3.13. The molecule has 0 saturated carbocycles. The second-order valence-corrected chi connectivity index (χ2v) is 7.15. The summed E-state index contributed by atoms with van der Waals surface area (Å²) in [5.74, 6) is 1.90. The van der Waals surface area contributed by atoms with Crippen LogP contribution in [0.25, 0.3) is 21.3 Å². The number of hydrogen-bond donors (Lipinski definition) is 1. The Morgan fingerprint density at radius 3 is 2.34 bits per heavy atom. The number of methoxy groups -OCH3 is 2. The first kappa shape index (κ1) is 21.0. The number of piperazine rings is 1. The van der Waals surface area contributed by atoms with Crippen molar-refractivity contribution in [3.63, 3.8) is 0 Å². The summed E-state index contributed by atoms with van der Waals surface area (Å²) in [5, 5.41) is 4.21. The summed E-state index contributed by atoms with van der Waals surface area (Å²) in [4.78, 5) is 28.4. The molecule has 3 aromatic rings. The van der Waals surface area contributed by atoms with Gasteiger partial charge < -0.3 is 25.0 Å². The van der Waals surface area contributed by atoms with E-state index in [0.29, 0.717) is 71.6 Å². The molecule has 0 bridgehead atoms. The molecule has 2 aromatic carbocycles. The summed E-state index contributed by atoms with van der Waals surface area (Å²) in [5.41, 5.74) is 16.4. The Morgan fingerprint density at radius 1 is 1.06 bits per heavy atom. The highest BCUT2D eigenvalue weighted by molar-refractivity contribution is 5.95. The van der Waals surface area contributed by atoms with E-state index in [1.54, 1.807) is 55.5 Å². The summed E-state index contributed by atoms with van der Waals surface area (Å²) < 4.78 is 10.7. The maximum absolute atomic E-state index is 12.8. The van der Waals surface area contributed by atoms with E-state index in [2.05, 4.69) is 20.0 Å². The highest BCUT2D eigenvalue weighted by Crippen LogP contribution is 2.34. The predicted octanol–water partition coefficient (Wildman–Crippen LogP) is 3.13. The molecule has 164 valence electrons. The Morgan fingerprint density at radius 2 is 1.72 bits per heavy atom. The molecule has 0 unspecified atom stereocenters. The van der Waals surface area contributed by atoms with E-state index in [1.165, 1.54) is 0 Å². The van der Waals surface area contributed by atoms with Crippen LogP contribution in [0.1, 0.15) is 10.4 Å². The SMILES string of the molecule is COc1cc2nc(N3CCN(C(=O)c4ccc(N=[N+]=[N-])cc4)CC3)nc(N)c2cc1OC. The quantitative estimate of drug-likeness (QED) is 0.369. The molecule has 0 aliphatic carbocycles. The summed E-state index contributed by atoms with van der Waals surface area (Å²) in [6.45, 7) is 2.18. The third-order valence-electron chi connectivity index (χ3n) is 5.34. The minimum atomic E-state index is -0.0760. The van der Waals surface area contributed by atoms with Crippen LogP contribution in [0.3, 0.4) is 0 Å². The van der Waals surface area contributed by atoms with E-state index < -0.39 is 0 Å². The van der Waals surface area contributed by atoms with Gasteiger partial charge in [-0.3, -0.25) is 4.79 Å². The maximum Gasteiger partial charge on any atom is 0.253 e. The van der Waals surface area contributed by atoms with E-state index in [0.717, 1.165) is 0 Å². The molecule has 0 spiro atoms. The van der Waals surface area contributed by atoms with Crippen LogP contribution in [0.15, 0.2) is 41.5 Å². The molecule has 1 aliphatic rings. The Labute approximate surface area is 184 Å². The first-order valence-electron chi connectivity index (χ1n) is 9.92. The first-order chi connectivity index (χ1) is 15.5. The lowest BCUT2D eigenvalue weighted by atomic mass is 10.1. The number of carbonyl (C=O) groups is 1. The fraction of sp³-hybridized carbons (Fsp3) is 0.286. The van der Waals surface area contributed by atoms with E-state index >= 15 is 0 Å². The zero-order valence-corrected chi connectivity index (χ0v) is 17.7. The van der Waals surface area contributed by atoms with Crippen molar-refractivity contribution in [3.8, 4) is 11.5 Å². The number of aromatic nitrogens is 2. The van der Waals surface area contributed by atoms with Crippen molar-refractivity contribution in [3.05, 3.63) is 52.4 Å². The molecule has 1 aromatic heterocycles. The number of ether oxygens (including phenoxy) is 2. The number of azide groups is 1. The van der Waals surface area contributed by atoms with Gasteiger partial charge in [0.2, 0.25) is 5.95 Å². The molecular formula is C21H22N8O3. The van der Waals surface area contributed by atoms with Crippen LogP contribution >= 0.6 is 0 Å². The minimum Gasteiger partial charge on any atom is -0.493 e. The van der Waals surface area contributed by atoms with Gasteiger partial charge in [-0.15, -0.1) is 0 Å². The van der Waals surface area contributed by atoms with Gasteiger partial charge in [-0.05, 0) is 23.7 Å². The van der Waals surface area contributed by atoms with Crippen LogP contribution in [0, 0.1) is 0 Å². The number of benzene rings is 2. The van der Waals surface area contributed by atoms with Crippen molar-refractivity contribution in [2.24, 2.45) is 5.11 Å². The standard InChI is InChI=1S/C21H22N8O3/c1-31-17-11-15-16(12-18(17)32-2)24-21(25-19(15)22)29-9-7-28(8-10-29)20(30)13-3-5-14(6-4-13)26-27-23/h3-6,11-12H,7-10H2,1-2H3,(H2,22,24,25). The van der Waals surface area contributed by atoms with Crippen molar-refractivity contribution >= 4 is 34.3 Å². The number of rotatable bonds is 5. The number of nitrogens with two attached hydrogens (primary N) is 1. The Kier molecular flexibility index (Phi) is 5.82.